The maximum atomic E-state index is 13.1. The second-order valence-electron chi connectivity index (χ2n) is 6.05. The molecule has 5 nitrogen and oxygen atoms in total. The molecular weight excluding hydrogens is 422 g/mol. The Morgan fingerprint density at radius 2 is 2.04 bits per heavy atom. The molecule has 0 aliphatic carbocycles. The normalized spacial score (nSPS) is 18.2. The second-order valence-corrected chi connectivity index (χ2v) is 10.7. The summed E-state index contributed by atoms with van der Waals surface area (Å²) in [4.78, 5) is 0. The van der Waals surface area contributed by atoms with Crippen LogP contribution in [0.3, 0.4) is 0 Å². The van der Waals surface area contributed by atoms with Crippen molar-refractivity contribution < 1.29 is 8.42 Å². The van der Waals surface area contributed by atoms with Crippen molar-refractivity contribution in [3.63, 3.8) is 0 Å². The highest BCUT2D eigenvalue weighted by Crippen LogP contribution is 2.37. The lowest BCUT2D eigenvalue weighted by molar-refractivity contribution is 0.372. The van der Waals surface area contributed by atoms with Crippen LogP contribution in [0, 0.1) is 0 Å². The summed E-state index contributed by atoms with van der Waals surface area (Å²) in [7, 11) is -1.65. The summed E-state index contributed by atoms with van der Waals surface area (Å²) in [5.41, 5.74) is 3.25. The highest BCUT2D eigenvalue weighted by molar-refractivity contribution is 9.11. The van der Waals surface area contributed by atoms with E-state index >= 15 is 0 Å². The molecule has 4 rings (SSSR count). The third kappa shape index (κ3) is 3.08. The number of hydrogen-bond acceptors (Lipinski definition) is 4. The third-order valence-electron chi connectivity index (χ3n) is 4.43. The van der Waals surface area contributed by atoms with Crippen molar-refractivity contribution in [1.29, 1.82) is 0 Å². The standard InChI is InChI=1S/C17H16BrN3O2S2/c1-20-9-13(8-19-20)15-11-21(10-12-4-2-3-5-14(12)15)25(22,23)17-7-6-16(18)24-17/h2-9,15H,10-11H2,1H3. The number of rotatable bonds is 3. The molecule has 1 unspecified atom stereocenters. The Morgan fingerprint density at radius 3 is 2.72 bits per heavy atom. The van der Waals surface area contributed by atoms with Gasteiger partial charge in [-0.05, 0) is 44.8 Å². The molecule has 0 amide bonds. The first-order chi connectivity index (χ1) is 11.9. The topological polar surface area (TPSA) is 55.2 Å². The van der Waals surface area contributed by atoms with E-state index in [9.17, 15) is 8.42 Å². The highest BCUT2D eigenvalue weighted by Gasteiger charge is 2.35. The number of nitrogens with zero attached hydrogens (tertiary/aromatic N) is 3. The Balaban J connectivity index is 1.77. The van der Waals surface area contributed by atoms with Crippen molar-refractivity contribution in [2.45, 2.75) is 16.7 Å². The van der Waals surface area contributed by atoms with Gasteiger partial charge in [0.1, 0.15) is 4.21 Å². The van der Waals surface area contributed by atoms with Gasteiger partial charge in [0.05, 0.1) is 9.98 Å². The van der Waals surface area contributed by atoms with Crippen LogP contribution in [0.2, 0.25) is 0 Å². The van der Waals surface area contributed by atoms with E-state index in [4.69, 9.17) is 0 Å². The van der Waals surface area contributed by atoms with Crippen molar-refractivity contribution in [3.8, 4) is 0 Å². The fraction of sp³-hybridized carbons (Fsp3) is 0.235. The molecule has 8 heteroatoms. The highest BCUT2D eigenvalue weighted by atomic mass is 79.9. The van der Waals surface area contributed by atoms with Crippen molar-refractivity contribution in [1.82, 2.24) is 14.1 Å². The lowest BCUT2D eigenvalue weighted by Crippen LogP contribution is -2.38. The Morgan fingerprint density at radius 1 is 1.24 bits per heavy atom. The fourth-order valence-corrected chi connectivity index (χ4v) is 6.82. The predicted octanol–water partition coefficient (Wildman–Crippen LogP) is 3.58. The maximum absolute atomic E-state index is 13.1. The van der Waals surface area contributed by atoms with Crippen LogP contribution in [-0.4, -0.2) is 29.0 Å². The summed E-state index contributed by atoms with van der Waals surface area (Å²) in [6, 6.07) is 11.5. The van der Waals surface area contributed by atoms with Crippen LogP contribution in [0.1, 0.15) is 22.6 Å². The first kappa shape index (κ1) is 17.0. The zero-order valence-corrected chi connectivity index (χ0v) is 16.7. The van der Waals surface area contributed by atoms with E-state index in [0.29, 0.717) is 17.3 Å². The largest absolute Gasteiger partial charge is 0.276 e. The molecule has 0 N–H and O–H groups in total. The van der Waals surface area contributed by atoms with E-state index in [2.05, 4.69) is 27.1 Å². The molecule has 1 aromatic carbocycles. The average molecular weight is 438 g/mol. The van der Waals surface area contributed by atoms with Crippen LogP contribution in [0.15, 0.2) is 56.8 Å². The molecule has 3 aromatic rings. The van der Waals surface area contributed by atoms with Gasteiger partial charge in [0.15, 0.2) is 0 Å². The maximum Gasteiger partial charge on any atom is 0.252 e. The van der Waals surface area contributed by atoms with Gasteiger partial charge in [-0.25, -0.2) is 8.42 Å². The lowest BCUT2D eigenvalue weighted by atomic mass is 9.87. The summed E-state index contributed by atoms with van der Waals surface area (Å²) in [5.74, 6) is -0.0168. The van der Waals surface area contributed by atoms with Crippen LogP contribution >= 0.6 is 27.3 Å². The van der Waals surface area contributed by atoms with Crippen molar-refractivity contribution in [2.75, 3.05) is 6.54 Å². The van der Waals surface area contributed by atoms with Gasteiger partial charge in [-0.2, -0.15) is 9.40 Å². The molecule has 0 spiro atoms. The summed E-state index contributed by atoms with van der Waals surface area (Å²) < 4.78 is 30.7. The van der Waals surface area contributed by atoms with Gasteiger partial charge >= 0.3 is 0 Å². The number of aryl methyl sites for hydroxylation is 1. The molecule has 1 aliphatic heterocycles. The molecule has 0 bridgehead atoms. The average Bonchev–Trinajstić information content (AvgIpc) is 3.22. The van der Waals surface area contributed by atoms with E-state index in [1.54, 1.807) is 21.1 Å². The monoisotopic (exact) mass is 437 g/mol. The minimum Gasteiger partial charge on any atom is -0.276 e. The van der Waals surface area contributed by atoms with E-state index in [1.165, 1.54) is 16.9 Å². The Kier molecular flexibility index (Phi) is 4.31. The number of thiophene rings is 1. The number of fused-ring (bicyclic) bond motifs is 1. The summed E-state index contributed by atoms with van der Waals surface area (Å²) >= 11 is 4.59. The molecule has 0 saturated heterocycles. The van der Waals surface area contributed by atoms with Gasteiger partial charge < -0.3 is 0 Å². The molecule has 0 saturated carbocycles. The van der Waals surface area contributed by atoms with Crippen molar-refractivity contribution in [2.24, 2.45) is 7.05 Å². The summed E-state index contributed by atoms with van der Waals surface area (Å²) in [5, 5.41) is 4.26. The van der Waals surface area contributed by atoms with Gasteiger partial charge in [0.25, 0.3) is 10.0 Å². The van der Waals surface area contributed by atoms with Crippen LogP contribution in [0.5, 0.6) is 0 Å². The molecule has 1 atom stereocenters. The minimum atomic E-state index is -3.52. The first-order valence-corrected chi connectivity index (χ1v) is 10.8. The van der Waals surface area contributed by atoms with Gasteiger partial charge in [-0.3, -0.25) is 4.68 Å². The van der Waals surface area contributed by atoms with E-state index in [-0.39, 0.29) is 5.92 Å². The SMILES string of the molecule is Cn1cc(C2CN(S(=O)(=O)c3ccc(Br)s3)Cc3ccccc32)cn1. The van der Waals surface area contributed by atoms with Crippen LogP contribution < -0.4 is 0 Å². The molecule has 3 heterocycles. The molecule has 25 heavy (non-hydrogen) atoms. The number of hydrogen-bond donors (Lipinski definition) is 0. The van der Waals surface area contributed by atoms with Gasteiger partial charge in [-0.1, -0.05) is 24.3 Å². The van der Waals surface area contributed by atoms with Gasteiger partial charge in [-0.15, -0.1) is 11.3 Å². The number of aromatic nitrogens is 2. The van der Waals surface area contributed by atoms with Gasteiger partial charge in [0, 0.05) is 32.3 Å². The second kappa shape index (κ2) is 6.35. The molecule has 0 radical (unpaired) electrons. The summed E-state index contributed by atoms with van der Waals surface area (Å²) in [6.07, 6.45) is 3.78. The third-order valence-corrected chi connectivity index (χ3v) is 8.34. The zero-order chi connectivity index (χ0) is 17.6. The van der Waals surface area contributed by atoms with E-state index in [1.807, 2.05) is 37.6 Å². The molecule has 2 aromatic heterocycles. The number of halogens is 1. The van der Waals surface area contributed by atoms with Crippen LogP contribution in [-0.2, 0) is 23.6 Å². The van der Waals surface area contributed by atoms with Crippen LogP contribution in [0.4, 0.5) is 0 Å². The molecule has 130 valence electrons. The molecular formula is C17H16BrN3O2S2. The predicted molar refractivity (Wildman–Crippen MR) is 101 cm³/mol. The van der Waals surface area contributed by atoms with Crippen molar-refractivity contribution in [3.05, 3.63) is 69.3 Å². The zero-order valence-electron chi connectivity index (χ0n) is 13.5. The Labute approximate surface area is 159 Å². The number of sulfonamides is 1. The van der Waals surface area contributed by atoms with Gasteiger partial charge in [0.2, 0.25) is 0 Å². The Hall–Kier alpha value is -1.48. The fourth-order valence-electron chi connectivity index (χ4n) is 3.23. The smallest absolute Gasteiger partial charge is 0.252 e. The lowest BCUT2D eigenvalue weighted by Gasteiger charge is -2.33. The molecule has 0 fully saturated rings. The Bertz CT molecular complexity index is 1030. The van der Waals surface area contributed by atoms with E-state index in [0.717, 1.165) is 14.9 Å². The first-order valence-electron chi connectivity index (χ1n) is 7.77. The van der Waals surface area contributed by atoms with Crippen molar-refractivity contribution >= 4 is 37.3 Å². The van der Waals surface area contributed by atoms with Crippen LogP contribution in [0.25, 0.3) is 0 Å². The quantitative estimate of drug-likeness (QED) is 0.628. The van der Waals surface area contributed by atoms with E-state index < -0.39 is 10.0 Å². The summed E-state index contributed by atoms with van der Waals surface area (Å²) in [6.45, 7) is 0.811. The molecule has 1 aliphatic rings. The number of benzene rings is 1. The minimum absolute atomic E-state index is 0.0168.